The lowest BCUT2D eigenvalue weighted by atomic mass is 9.89. The lowest BCUT2D eigenvalue weighted by Crippen LogP contribution is -2.47. The molecular formula is C54H57N5O7S. The number of carbonyl (C=O) groups excluding carboxylic acids is 1. The first-order chi connectivity index (χ1) is 32.5. The Hall–Kier alpha value is -6.19. The van der Waals surface area contributed by atoms with Gasteiger partial charge in [0.25, 0.3) is 0 Å². The van der Waals surface area contributed by atoms with Crippen LogP contribution in [0.15, 0.2) is 161 Å². The molecule has 67 heavy (non-hydrogen) atoms. The Balaban J connectivity index is 0.902. The highest BCUT2D eigenvalue weighted by atomic mass is 32.2. The van der Waals surface area contributed by atoms with Crippen LogP contribution in [0.5, 0.6) is 0 Å². The molecule has 6 aromatic carbocycles. The van der Waals surface area contributed by atoms with Crippen LogP contribution in [-0.4, -0.2) is 65.7 Å². The molecular weight excluding hydrogens is 863 g/mol. The Morgan fingerprint density at radius 1 is 0.791 bits per heavy atom. The number of aromatic amines is 1. The number of hydrogen-bond donors (Lipinski definition) is 4. The van der Waals surface area contributed by atoms with Gasteiger partial charge in [-0.15, -0.1) is 0 Å². The molecule has 7 aromatic rings. The second-order valence-electron chi connectivity index (χ2n) is 17.8. The number of aryl methyl sites for hydroxylation is 1. The second-order valence-corrected chi connectivity index (χ2v) is 19.6. The van der Waals surface area contributed by atoms with Crippen molar-refractivity contribution < 1.29 is 27.8 Å². The van der Waals surface area contributed by atoms with Crippen LogP contribution in [0, 0.1) is 12.8 Å². The number of amides is 1. The summed E-state index contributed by atoms with van der Waals surface area (Å²) >= 11 is 0. The molecule has 346 valence electrons. The van der Waals surface area contributed by atoms with Gasteiger partial charge in [-0.05, 0) is 83.8 Å². The van der Waals surface area contributed by atoms with Crippen molar-refractivity contribution in [1.82, 2.24) is 24.5 Å². The minimum atomic E-state index is -4.00. The molecule has 2 saturated heterocycles. The van der Waals surface area contributed by atoms with E-state index < -0.39 is 28.3 Å². The Morgan fingerprint density at radius 3 is 2.19 bits per heavy atom. The number of ether oxygens (including phenoxy) is 2. The number of aromatic nitrogens is 2. The molecule has 3 heterocycles. The number of hydrogen-bond acceptors (Lipinski definition) is 8. The van der Waals surface area contributed by atoms with Crippen LogP contribution in [0.1, 0.15) is 71.6 Å². The van der Waals surface area contributed by atoms with Gasteiger partial charge >= 0.3 is 5.69 Å². The number of rotatable bonds is 15. The van der Waals surface area contributed by atoms with E-state index in [-0.39, 0.29) is 54.3 Å². The summed E-state index contributed by atoms with van der Waals surface area (Å²) < 4.78 is 45.3. The number of nitrogens with one attached hydrogen (secondary N) is 3. The number of carbonyl (C=O) groups is 1. The van der Waals surface area contributed by atoms with E-state index in [1.807, 2.05) is 139 Å². The molecule has 13 heteroatoms. The number of H-pyrrole nitrogens is 1. The van der Waals surface area contributed by atoms with Gasteiger partial charge in [-0.3, -0.25) is 9.36 Å². The fourth-order valence-corrected chi connectivity index (χ4v) is 10.7. The average molecular weight is 920 g/mol. The van der Waals surface area contributed by atoms with Gasteiger partial charge in [0.05, 0.1) is 34.7 Å². The normalized spacial score (nSPS) is 19.9. The van der Waals surface area contributed by atoms with E-state index in [2.05, 4.69) is 26.8 Å². The van der Waals surface area contributed by atoms with Crippen molar-refractivity contribution in [1.29, 1.82) is 0 Å². The third kappa shape index (κ3) is 10.5. The minimum absolute atomic E-state index is 0.0109. The zero-order valence-corrected chi connectivity index (χ0v) is 38.6. The zero-order chi connectivity index (χ0) is 46.5. The van der Waals surface area contributed by atoms with Crippen LogP contribution in [0.25, 0.3) is 22.2 Å². The van der Waals surface area contributed by atoms with Crippen molar-refractivity contribution in [2.45, 2.75) is 81.7 Å². The summed E-state index contributed by atoms with van der Waals surface area (Å²) in [7, 11) is -4.00. The number of para-hydroxylation sites is 2. The molecule has 2 aliphatic rings. The molecule has 12 nitrogen and oxygen atoms in total. The van der Waals surface area contributed by atoms with E-state index in [1.54, 1.807) is 24.3 Å². The van der Waals surface area contributed by atoms with Crippen LogP contribution < -0.4 is 15.7 Å². The molecule has 0 saturated carbocycles. The van der Waals surface area contributed by atoms with E-state index in [0.717, 1.165) is 81.5 Å². The van der Waals surface area contributed by atoms with Crippen LogP contribution >= 0.6 is 0 Å². The van der Waals surface area contributed by atoms with Crippen molar-refractivity contribution in [2.24, 2.45) is 5.92 Å². The zero-order valence-electron chi connectivity index (χ0n) is 37.8. The third-order valence-corrected chi connectivity index (χ3v) is 14.8. The number of sulfonamides is 1. The number of nitrogens with zero attached hydrogens (tertiary/aromatic N) is 2. The molecule has 0 aliphatic carbocycles. The number of aliphatic hydroxyl groups is 1. The van der Waals surface area contributed by atoms with E-state index >= 15 is 0 Å². The quantitative estimate of drug-likeness (QED) is 0.0804. The fourth-order valence-electron chi connectivity index (χ4n) is 9.47. The van der Waals surface area contributed by atoms with Crippen LogP contribution in [0.3, 0.4) is 0 Å². The first-order valence-corrected chi connectivity index (χ1v) is 24.5. The Bertz CT molecular complexity index is 2950. The van der Waals surface area contributed by atoms with Crippen molar-refractivity contribution in [2.75, 3.05) is 19.6 Å². The average Bonchev–Trinajstić information content (AvgIpc) is 3.70. The molecule has 0 spiro atoms. The number of piperidine rings is 1. The van der Waals surface area contributed by atoms with E-state index in [9.17, 15) is 23.1 Å². The summed E-state index contributed by atoms with van der Waals surface area (Å²) in [6, 6.07) is 46.7. The minimum Gasteiger partial charge on any atom is -0.392 e. The highest BCUT2D eigenvalue weighted by Gasteiger charge is 2.40. The van der Waals surface area contributed by atoms with Gasteiger partial charge in [0, 0.05) is 43.7 Å². The van der Waals surface area contributed by atoms with Crippen LogP contribution in [0.4, 0.5) is 0 Å². The maximum Gasteiger partial charge on any atom is 0.326 e. The standard InChI is InChI=1S/C54H57N5O7S/c1-36-16-26-45(27-17-36)67(63,64)57-48(32-38-10-4-3-5-11-38)52(61)55-33-43-12-6-7-13-46(43)40-22-24-42(25-23-40)53-65-50(37(2)51(66-53)41-20-18-39(35-60)19-21-41)34-58-30-28-44(29-31-58)59-49-15-9-8-14-47(49)56-54(59)62/h3-27,37,44,48,50-51,53,57,60H,28-35H2,1-2H3,(H,55,61)(H,56,62)/t37-,48+,50+,51+,53+/m0/s1. The predicted molar refractivity (Wildman–Crippen MR) is 259 cm³/mol. The maximum absolute atomic E-state index is 13.9. The first kappa shape index (κ1) is 45.9. The Labute approximate surface area is 391 Å². The van der Waals surface area contributed by atoms with Crippen molar-refractivity contribution >= 4 is 27.0 Å². The molecule has 9 rings (SSSR count). The van der Waals surface area contributed by atoms with Gasteiger partial charge < -0.3 is 29.8 Å². The van der Waals surface area contributed by atoms with Crippen LogP contribution in [0.2, 0.25) is 0 Å². The molecule has 1 amide bonds. The fraction of sp³-hybridized carbons (Fsp3) is 0.296. The largest absolute Gasteiger partial charge is 0.392 e. The summed E-state index contributed by atoms with van der Waals surface area (Å²) in [6.07, 6.45) is 0.790. The monoisotopic (exact) mass is 919 g/mol. The second kappa shape index (κ2) is 20.4. The molecule has 0 radical (unpaired) electrons. The molecule has 5 atom stereocenters. The summed E-state index contributed by atoms with van der Waals surface area (Å²) in [5, 5.41) is 12.8. The van der Waals surface area contributed by atoms with Gasteiger partial charge in [0.2, 0.25) is 15.9 Å². The molecule has 4 N–H and O–H groups in total. The molecule has 2 aliphatic heterocycles. The summed E-state index contributed by atoms with van der Waals surface area (Å²) in [4.78, 5) is 32.5. The lowest BCUT2D eigenvalue weighted by Gasteiger charge is -2.44. The van der Waals surface area contributed by atoms with Crippen LogP contribution in [-0.2, 0) is 43.9 Å². The molecule has 0 bridgehead atoms. The Kier molecular flexibility index (Phi) is 14.0. The van der Waals surface area contributed by atoms with E-state index in [0.29, 0.717) is 6.54 Å². The first-order valence-electron chi connectivity index (χ1n) is 23.0. The smallest absolute Gasteiger partial charge is 0.326 e. The third-order valence-electron chi connectivity index (χ3n) is 13.3. The van der Waals surface area contributed by atoms with Crippen molar-refractivity contribution in [3.63, 3.8) is 0 Å². The van der Waals surface area contributed by atoms with Gasteiger partial charge in [-0.2, -0.15) is 4.72 Å². The van der Waals surface area contributed by atoms with Gasteiger partial charge in [0.1, 0.15) is 6.04 Å². The van der Waals surface area contributed by atoms with Crippen molar-refractivity contribution in [3.05, 3.63) is 196 Å². The van der Waals surface area contributed by atoms with Gasteiger partial charge in [-0.25, -0.2) is 13.2 Å². The summed E-state index contributed by atoms with van der Waals surface area (Å²) in [5.74, 6) is -0.425. The Morgan fingerprint density at radius 2 is 1.46 bits per heavy atom. The molecule has 1 aromatic heterocycles. The molecule has 0 unspecified atom stereocenters. The van der Waals surface area contributed by atoms with Gasteiger partial charge in [0.15, 0.2) is 6.29 Å². The van der Waals surface area contributed by atoms with Gasteiger partial charge in [-0.1, -0.05) is 140 Å². The lowest BCUT2D eigenvalue weighted by molar-refractivity contribution is -0.276. The SMILES string of the molecule is Cc1ccc(S(=O)(=O)N[C@H](Cc2ccccc2)C(=O)NCc2ccccc2-c2ccc([C@@H]3O[C@H](CN4CCC(n5c(=O)[nH]c6ccccc65)CC4)[C@H](C)[C@H](c4ccc(CO)cc4)O3)cc2)cc1. The maximum atomic E-state index is 13.9. The topological polar surface area (TPSA) is 155 Å². The van der Waals surface area contributed by atoms with E-state index in [1.165, 1.54) is 0 Å². The summed E-state index contributed by atoms with van der Waals surface area (Å²) in [6.45, 7) is 6.56. The number of likely N-dealkylation sites (tertiary alicyclic amines) is 1. The predicted octanol–water partition coefficient (Wildman–Crippen LogP) is 8.13. The highest BCUT2D eigenvalue weighted by Crippen LogP contribution is 2.42. The number of imidazole rings is 1. The number of benzene rings is 6. The van der Waals surface area contributed by atoms with Crippen molar-refractivity contribution in [3.8, 4) is 11.1 Å². The highest BCUT2D eigenvalue weighted by molar-refractivity contribution is 7.89. The van der Waals surface area contributed by atoms with E-state index in [4.69, 9.17) is 9.47 Å². The number of aliphatic hydroxyl groups excluding tert-OH is 1. The number of fused-ring (bicyclic) bond motifs is 1. The molecule has 2 fully saturated rings. The summed E-state index contributed by atoms with van der Waals surface area (Å²) in [5.41, 5.74) is 8.93.